The number of pyridine rings is 1. The summed E-state index contributed by atoms with van der Waals surface area (Å²) in [6.07, 6.45) is 5.45. The lowest BCUT2D eigenvalue weighted by molar-refractivity contribution is -0.131. The SMILES string of the molecule is Cl.O=C(CCS(=O)(=O)c1[nH]c2ccc(Cl)cc2c1Cl)N1CCC(c2cnc3ccccn23)CC1. The van der Waals surface area contributed by atoms with Gasteiger partial charge in [0, 0.05) is 59.4 Å². The monoisotopic (exact) mass is 540 g/mol. The van der Waals surface area contributed by atoms with Crippen molar-refractivity contribution < 1.29 is 13.2 Å². The molecule has 4 heterocycles. The van der Waals surface area contributed by atoms with E-state index in [0.29, 0.717) is 34.9 Å². The van der Waals surface area contributed by atoms with Crippen molar-refractivity contribution in [1.29, 1.82) is 0 Å². The maximum Gasteiger partial charge on any atom is 0.223 e. The van der Waals surface area contributed by atoms with Gasteiger partial charge in [-0.3, -0.25) is 4.79 Å². The van der Waals surface area contributed by atoms with Gasteiger partial charge in [0.05, 0.1) is 10.8 Å². The molecule has 11 heteroatoms. The number of carbonyl (C=O) groups is 1. The van der Waals surface area contributed by atoms with Crippen molar-refractivity contribution in [3.8, 4) is 0 Å². The second-order valence-corrected chi connectivity index (χ2v) is 11.2. The first-order valence-electron chi connectivity index (χ1n) is 10.7. The zero-order chi connectivity index (χ0) is 23.2. The smallest absolute Gasteiger partial charge is 0.223 e. The predicted octanol–water partition coefficient (Wildman–Crippen LogP) is 5.11. The number of fused-ring (bicyclic) bond motifs is 2. The van der Waals surface area contributed by atoms with E-state index in [-0.39, 0.29) is 40.5 Å². The fraction of sp³-hybridized carbons (Fsp3) is 0.304. The van der Waals surface area contributed by atoms with Gasteiger partial charge >= 0.3 is 0 Å². The standard InChI is InChI=1S/C23H22Cl2N4O3S.ClH/c24-16-4-5-18-17(13-16)22(25)23(27-18)33(31,32)12-8-21(30)28-10-6-15(7-11-28)19-14-26-20-3-1-2-9-29(19)20;/h1-5,9,13-15,27H,6-8,10-12H2;1H. The molecule has 1 amide bonds. The van der Waals surface area contributed by atoms with Gasteiger partial charge in [0.15, 0.2) is 14.9 Å². The van der Waals surface area contributed by atoms with Gasteiger partial charge in [0.25, 0.3) is 0 Å². The Balaban J connectivity index is 0.00000274. The molecule has 0 unspecified atom stereocenters. The average molecular weight is 542 g/mol. The Morgan fingerprint density at radius 2 is 1.91 bits per heavy atom. The minimum Gasteiger partial charge on any atom is -0.344 e. The third-order valence-corrected chi connectivity index (χ3v) is 8.68. The molecule has 0 radical (unpaired) electrons. The second-order valence-electron chi connectivity index (χ2n) is 8.29. The molecule has 0 spiro atoms. The van der Waals surface area contributed by atoms with E-state index in [4.69, 9.17) is 23.2 Å². The van der Waals surface area contributed by atoms with E-state index in [0.717, 1.165) is 24.2 Å². The van der Waals surface area contributed by atoms with Crippen molar-refractivity contribution in [2.24, 2.45) is 0 Å². The van der Waals surface area contributed by atoms with Gasteiger partial charge in [-0.15, -0.1) is 12.4 Å². The van der Waals surface area contributed by atoms with Crippen LogP contribution in [0.3, 0.4) is 0 Å². The minimum absolute atomic E-state index is 0. The number of nitrogens with zero attached hydrogens (tertiary/aromatic N) is 3. The summed E-state index contributed by atoms with van der Waals surface area (Å²) in [5.74, 6) is -0.156. The number of sulfone groups is 1. The zero-order valence-electron chi connectivity index (χ0n) is 18.1. The number of likely N-dealkylation sites (tertiary alicyclic amines) is 1. The molecule has 1 aliphatic rings. The Bertz CT molecular complexity index is 1460. The van der Waals surface area contributed by atoms with Gasteiger partial charge in [0.1, 0.15) is 5.65 Å². The van der Waals surface area contributed by atoms with Crippen LogP contribution in [0.4, 0.5) is 0 Å². The topological polar surface area (TPSA) is 87.5 Å². The molecule has 180 valence electrons. The number of rotatable bonds is 5. The molecule has 0 atom stereocenters. The third-order valence-electron chi connectivity index (χ3n) is 6.27. The lowest BCUT2D eigenvalue weighted by Gasteiger charge is -2.32. The zero-order valence-corrected chi connectivity index (χ0v) is 21.2. The maximum absolute atomic E-state index is 12.9. The Morgan fingerprint density at radius 3 is 2.68 bits per heavy atom. The molecule has 0 bridgehead atoms. The molecular weight excluding hydrogens is 519 g/mol. The summed E-state index contributed by atoms with van der Waals surface area (Å²) in [7, 11) is -3.76. The molecule has 1 fully saturated rings. The number of H-pyrrole nitrogens is 1. The number of aromatic nitrogens is 3. The van der Waals surface area contributed by atoms with Gasteiger partial charge in [-0.25, -0.2) is 13.4 Å². The summed E-state index contributed by atoms with van der Waals surface area (Å²) in [6.45, 7) is 1.19. The number of piperidine rings is 1. The highest BCUT2D eigenvalue weighted by Gasteiger charge is 2.28. The van der Waals surface area contributed by atoms with Gasteiger partial charge < -0.3 is 14.3 Å². The minimum atomic E-state index is -3.76. The molecule has 7 nitrogen and oxygen atoms in total. The van der Waals surface area contributed by atoms with Crippen LogP contribution in [0.25, 0.3) is 16.6 Å². The first-order valence-corrected chi connectivity index (χ1v) is 13.1. The predicted molar refractivity (Wildman–Crippen MR) is 136 cm³/mol. The van der Waals surface area contributed by atoms with Crippen LogP contribution < -0.4 is 0 Å². The molecule has 3 aromatic heterocycles. The number of imidazole rings is 1. The van der Waals surface area contributed by atoms with E-state index in [1.54, 1.807) is 23.1 Å². The fourth-order valence-corrected chi connectivity index (χ4v) is 6.51. The summed E-state index contributed by atoms with van der Waals surface area (Å²) in [5, 5.41) is 1.05. The highest BCUT2D eigenvalue weighted by Crippen LogP contribution is 2.33. The second kappa shape index (κ2) is 9.77. The summed E-state index contributed by atoms with van der Waals surface area (Å²) < 4.78 is 27.9. The fourth-order valence-electron chi connectivity index (χ4n) is 4.48. The maximum atomic E-state index is 12.9. The van der Waals surface area contributed by atoms with E-state index in [9.17, 15) is 13.2 Å². The summed E-state index contributed by atoms with van der Waals surface area (Å²) in [4.78, 5) is 21.8. The van der Waals surface area contributed by atoms with Gasteiger partial charge in [0.2, 0.25) is 5.91 Å². The first kappa shape index (κ1) is 24.9. The number of halogens is 3. The number of benzene rings is 1. The average Bonchev–Trinajstić information content (AvgIpc) is 3.39. The summed E-state index contributed by atoms with van der Waals surface area (Å²) >= 11 is 12.3. The first-order chi connectivity index (χ1) is 15.8. The quantitative estimate of drug-likeness (QED) is 0.380. The van der Waals surface area contributed by atoms with Crippen LogP contribution in [-0.4, -0.2) is 52.4 Å². The van der Waals surface area contributed by atoms with Gasteiger partial charge in [-0.2, -0.15) is 0 Å². The molecule has 0 saturated carbocycles. The van der Waals surface area contributed by atoms with Crippen LogP contribution in [0.5, 0.6) is 0 Å². The number of amides is 1. The van der Waals surface area contributed by atoms with Crippen LogP contribution in [0.2, 0.25) is 10.0 Å². The molecule has 1 N–H and O–H groups in total. The molecule has 1 aliphatic heterocycles. The Hall–Kier alpha value is -2.26. The lowest BCUT2D eigenvalue weighted by Crippen LogP contribution is -2.38. The van der Waals surface area contributed by atoms with E-state index < -0.39 is 9.84 Å². The van der Waals surface area contributed by atoms with Crippen molar-refractivity contribution in [3.05, 3.63) is 64.5 Å². The Morgan fingerprint density at radius 1 is 1.15 bits per heavy atom. The van der Waals surface area contributed by atoms with Gasteiger partial charge in [-0.05, 0) is 43.2 Å². The van der Waals surface area contributed by atoms with Crippen molar-refractivity contribution >= 4 is 67.9 Å². The van der Waals surface area contributed by atoms with Crippen molar-refractivity contribution in [2.75, 3.05) is 18.8 Å². The van der Waals surface area contributed by atoms with Crippen LogP contribution >= 0.6 is 35.6 Å². The highest BCUT2D eigenvalue weighted by atomic mass is 35.5. The van der Waals surface area contributed by atoms with Crippen molar-refractivity contribution in [1.82, 2.24) is 19.3 Å². The number of carbonyl (C=O) groups excluding carboxylic acids is 1. The molecule has 1 saturated heterocycles. The molecule has 34 heavy (non-hydrogen) atoms. The van der Waals surface area contributed by atoms with Crippen molar-refractivity contribution in [3.63, 3.8) is 0 Å². The summed E-state index contributed by atoms with van der Waals surface area (Å²) in [5.41, 5.74) is 2.65. The number of nitrogens with one attached hydrogen (secondary N) is 1. The Kier molecular flexibility index (Phi) is 7.14. The molecule has 5 rings (SSSR count). The van der Waals surface area contributed by atoms with Gasteiger partial charge in [-0.1, -0.05) is 29.3 Å². The van der Waals surface area contributed by atoms with E-state index in [1.807, 2.05) is 30.6 Å². The largest absolute Gasteiger partial charge is 0.344 e. The molecule has 4 aromatic rings. The third kappa shape index (κ3) is 4.64. The van der Waals surface area contributed by atoms with Crippen LogP contribution in [-0.2, 0) is 14.6 Å². The van der Waals surface area contributed by atoms with E-state index in [2.05, 4.69) is 14.4 Å². The molecular formula is C23H23Cl3N4O3S. The summed E-state index contributed by atoms with van der Waals surface area (Å²) in [6, 6.07) is 10.9. The molecule has 1 aromatic carbocycles. The number of hydrogen-bond acceptors (Lipinski definition) is 4. The number of aromatic amines is 1. The Labute approximate surface area is 213 Å². The van der Waals surface area contributed by atoms with Crippen LogP contribution in [0.1, 0.15) is 30.9 Å². The lowest BCUT2D eigenvalue weighted by atomic mass is 9.93. The van der Waals surface area contributed by atoms with Crippen molar-refractivity contribution in [2.45, 2.75) is 30.2 Å². The molecule has 0 aliphatic carbocycles. The van der Waals surface area contributed by atoms with E-state index >= 15 is 0 Å². The van der Waals surface area contributed by atoms with E-state index in [1.165, 1.54) is 0 Å². The normalized spacial score (nSPS) is 15.1. The number of hydrogen-bond donors (Lipinski definition) is 1. The highest BCUT2D eigenvalue weighted by molar-refractivity contribution is 7.91. The van der Waals surface area contributed by atoms with Crippen LogP contribution in [0.15, 0.2) is 53.8 Å². The van der Waals surface area contributed by atoms with Crippen LogP contribution in [0, 0.1) is 0 Å².